The molecule has 0 aromatic heterocycles. The number of anilines is 1. The number of hydrogen-bond acceptors (Lipinski definition) is 15. The number of esters is 1. The van der Waals surface area contributed by atoms with E-state index in [1.54, 1.807) is 63.2 Å². The predicted molar refractivity (Wildman–Crippen MR) is 312 cm³/mol. The Balaban J connectivity index is 0.871. The topological polar surface area (TPSA) is 317 Å². The third-order valence-electron chi connectivity index (χ3n) is 17.2. The number of ether oxygens (including phenoxy) is 4. The fourth-order valence-electron chi connectivity index (χ4n) is 12.7. The highest BCUT2D eigenvalue weighted by Crippen LogP contribution is 2.69. The fourth-order valence-corrected chi connectivity index (χ4v) is 12.7. The molecular weight excluding hydrogens is 1130 g/mol. The largest absolute Gasteiger partial charge is 0.454 e. The van der Waals surface area contributed by atoms with Crippen LogP contribution in [0.1, 0.15) is 140 Å². The van der Waals surface area contributed by atoms with E-state index < -0.39 is 120 Å². The van der Waals surface area contributed by atoms with Crippen molar-refractivity contribution in [1.29, 1.82) is 0 Å². The Morgan fingerprint density at radius 2 is 1.57 bits per heavy atom. The van der Waals surface area contributed by atoms with Crippen LogP contribution in [0.2, 0.25) is 0 Å². The average molecular weight is 1210 g/mol. The van der Waals surface area contributed by atoms with Gasteiger partial charge in [0.25, 0.3) is 11.8 Å². The molecule has 11 atom stereocenters. The van der Waals surface area contributed by atoms with E-state index in [1.807, 2.05) is 13.8 Å². The summed E-state index contributed by atoms with van der Waals surface area (Å²) in [4.78, 5) is 130. The number of Topliss-reactive ketones (excluding diaryl/α,β-unsaturated/α-hetero) is 1. The summed E-state index contributed by atoms with van der Waals surface area (Å²) in [5, 5.41) is 25.0. The number of benzene rings is 2. The number of nitrogens with two attached hydrogens (primary N) is 1. The van der Waals surface area contributed by atoms with Crippen molar-refractivity contribution >= 4 is 64.9 Å². The number of aliphatic hydroxyl groups excluding tert-OH is 1. The molecular formula is C63H81F2N7O15. The Kier molecular flexibility index (Phi) is 22.9. The maximum Gasteiger partial charge on any atom is 0.407 e. The van der Waals surface area contributed by atoms with Crippen LogP contribution in [0.4, 0.5) is 24.1 Å². The molecule has 0 bridgehead atoms. The zero-order valence-electron chi connectivity index (χ0n) is 49.9. The molecule has 4 fully saturated rings. The van der Waals surface area contributed by atoms with Crippen molar-refractivity contribution < 1.29 is 80.8 Å². The second kappa shape index (κ2) is 29.8. The van der Waals surface area contributed by atoms with Crippen LogP contribution in [-0.2, 0) is 65.7 Å². The lowest BCUT2D eigenvalue weighted by Crippen LogP contribution is -2.66. The molecule has 0 spiro atoms. The minimum absolute atomic E-state index is 0.00736. The van der Waals surface area contributed by atoms with Crippen molar-refractivity contribution in [3.8, 4) is 0 Å². The van der Waals surface area contributed by atoms with Gasteiger partial charge in [0.1, 0.15) is 30.5 Å². The molecule has 8 amide bonds. The summed E-state index contributed by atoms with van der Waals surface area (Å²) in [6, 6.07) is 9.61. The molecule has 7 rings (SSSR count). The molecule has 2 aromatic carbocycles. The lowest BCUT2D eigenvalue weighted by atomic mass is 9.50. The number of primary amides is 1. The first-order valence-corrected chi connectivity index (χ1v) is 29.9. The summed E-state index contributed by atoms with van der Waals surface area (Å²) in [6.45, 7) is 8.46. The van der Waals surface area contributed by atoms with Gasteiger partial charge in [-0.15, -0.1) is 0 Å². The van der Waals surface area contributed by atoms with E-state index in [4.69, 9.17) is 24.7 Å². The molecule has 1 saturated heterocycles. The van der Waals surface area contributed by atoms with Crippen LogP contribution in [0.3, 0.4) is 0 Å². The molecule has 2 aromatic rings. The summed E-state index contributed by atoms with van der Waals surface area (Å²) >= 11 is 0. The van der Waals surface area contributed by atoms with Crippen LogP contribution in [0.25, 0.3) is 0 Å². The van der Waals surface area contributed by atoms with Crippen molar-refractivity contribution in [3.05, 3.63) is 101 Å². The predicted octanol–water partition coefficient (Wildman–Crippen LogP) is 6.33. The van der Waals surface area contributed by atoms with Gasteiger partial charge >= 0.3 is 18.1 Å². The van der Waals surface area contributed by atoms with E-state index in [0.717, 1.165) is 11.0 Å². The number of halogens is 2. The lowest BCUT2D eigenvalue weighted by molar-refractivity contribution is -0.216. The van der Waals surface area contributed by atoms with Gasteiger partial charge in [0.15, 0.2) is 24.3 Å². The zero-order chi connectivity index (χ0) is 63.2. The summed E-state index contributed by atoms with van der Waals surface area (Å²) in [5.74, 6) is -6.31. The molecule has 3 saturated carbocycles. The number of nitrogens with zero attached hydrogens (tertiary/aromatic N) is 1. The Hall–Kier alpha value is -7.70. The normalized spacial score (nSPS) is 26.6. The lowest BCUT2D eigenvalue weighted by Gasteiger charge is -2.57. The number of amides is 8. The third-order valence-corrected chi connectivity index (χ3v) is 17.2. The van der Waals surface area contributed by atoms with Gasteiger partial charge in [-0.2, -0.15) is 0 Å². The zero-order valence-corrected chi connectivity index (χ0v) is 49.9. The molecule has 8 N–H and O–H groups in total. The summed E-state index contributed by atoms with van der Waals surface area (Å²) in [6.07, 6.45) is 3.49. The fraction of sp³-hybridized carbons (Fsp3) is 0.556. The molecule has 22 nitrogen and oxygen atoms in total. The number of rotatable bonds is 29. The molecule has 2 aliphatic heterocycles. The number of alkyl carbamates (subject to hydrolysis) is 1. The minimum Gasteiger partial charge on any atom is -0.454 e. The Morgan fingerprint density at radius 3 is 2.24 bits per heavy atom. The van der Waals surface area contributed by atoms with Gasteiger partial charge in [0, 0.05) is 61.6 Å². The molecule has 2 heterocycles. The molecule has 0 radical (unpaired) electrons. The first-order chi connectivity index (χ1) is 41.4. The molecule has 3 aliphatic carbocycles. The smallest absolute Gasteiger partial charge is 0.407 e. The molecule has 24 heteroatoms. The van der Waals surface area contributed by atoms with Crippen LogP contribution in [-0.4, -0.2) is 137 Å². The van der Waals surface area contributed by atoms with Crippen molar-refractivity contribution in [2.75, 3.05) is 25.0 Å². The van der Waals surface area contributed by atoms with Gasteiger partial charge < -0.3 is 56.4 Å². The van der Waals surface area contributed by atoms with E-state index >= 15 is 8.78 Å². The van der Waals surface area contributed by atoms with Gasteiger partial charge in [0.2, 0.25) is 23.5 Å². The van der Waals surface area contributed by atoms with Crippen LogP contribution in [0.5, 0.6) is 0 Å². The number of alkyl halides is 2. The van der Waals surface area contributed by atoms with Crippen molar-refractivity contribution in [2.24, 2.45) is 28.9 Å². The van der Waals surface area contributed by atoms with E-state index in [1.165, 1.54) is 30.4 Å². The molecule has 472 valence electrons. The van der Waals surface area contributed by atoms with Crippen LogP contribution in [0, 0.1) is 23.2 Å². The number of unbranched alkanes of at least 4 members (excludes halogenated alkanes) is 2. The molecule has 87 heavy (non-hydrogen) atoms. The highest BCUT2D eigenvalue weighted by Gasteiger charge is 2.77. The van der Waals surface area contributed by atoms with Gasteiger partial charge in [-0.3, -0.25) is 38.5 Å². The van der Waals surface area contributed by atoms with Gasteiger partial charge in [-0.25, -0.2) is 23.2 Å². The second-order valence-corrected chi connectivity index (χ2v) is 23.6. The van der Waals surface area contributed by atoms with E-state index in [2.05, 4.69) is 26.6 Å². The maximum absolute atomic E-state index is 17.2. The van der Waals surface area contributed by atoms with Crippen molar-refractivity contribution in [3.63, 3.8) is 0 Å². The third kappa shape index (κ3) is 16.1. The molecule has 5 aliphatic rings. The van der Waals surface area contributed by atoms with E-state index in [9.17, 15) is 53.1 Å². The summed E-state index contributed by atoms with van der Waals surface area (Å²) < 4.78 is 57.0. The standard InChI is InChI=1S/C63H81F2N7O15/c1-6-8-14-43(73)29-41-32-62(65)45(30-46(41)64)44-31-50-63(61(44,5)33-48(62)74,87-54(86-50)13-7-2)49(75)36-84-58(81)40-21-17-38(18-22-40)34-68-60(83)85-35-39-19-23-42(24-20-39)69-56(79)47(15-12-27-67-59(66)82)70-57(80)55(37(3)4)71-51(76)16-10-9-11-28-72-52(77)25-26-53(72)78/h8,14,17-26,29,37,44-48,50,54-55,74H,6-7,9-13,15-16,27-28,30-36H2,1-5H3,(H,68,83)(H,69,79)(H,70,80)(H,71,76)(H3,66,67,82)/b14-8-,41-29+/t44-,45-,46-,47-,48-,50+,54?,55-,61-,62-,63+/m0/s1. The number of carbonyl (C=O) groups excluding carboxylic acids is 10. The number of ketones is 2. The number of urea groups is 1. The number of allylic oxidation sites excluding steroid dienone is 4. The maximum atomic E-state index is 17.2. The number of fused-ring (bicyclic) bond motifs is 5. The highest BCUT2D eigenvalue weighted by molar-refractivity contribution is 6.12. The Bertz CT molecular complexity index is 2960. The van der Waals surface area contributed by atoms with Gasteiger partial charge in [0.05, 0.1) is 17.8 Å². The van der Waals surface area contributed by atoms with Gasteiger partial charge in [-0.1, -0.05) is 77.8 Å². The quantitative estimate of drug-likeness (QED) is 0.0203. The number of hydrogen-bond donors (Lipinski definition) is 7. The second-order valence-electron chi connectivity index (χ2n) is 23.6. The first-order valence-electron chi connectivity index (χ1n) is 29.9. The van der Waals surface area contributed by atoms with E-state index in [0.29, 0.717) is 55.3 Å². The average Bonchev–Trinajstić information content (AvgIpc) is 1.54. The van der Waals surface area contributed by atoms with Crippen molar-refractivity contribution in [1.82, 2.24) is 26.2 Å². The molecule has 1 unspecified atom stereocenters. The van der Waals surface area contributed by atoms with E-state index in [-0.39, 0.29) is 99.5 Å². The van der Waals surface area contributed by atoms with Crippen molar-refractivity contribution in [2.45, 2.75) is 179 Å². The van der Waals surface area contributed by atoms with Crippen LogP contribution in [0.15, 0.2) is 84.5 Å². The first kappa shape index (κ1) is 66.8. The van der Waals surface area contributed by atoms with Crippen LogP contribution >= 0.6 is 0 Å². The van der Waals surface area contributed by atoms with Crippen LogP contribution < -0.4 is 32.3 Å². The SMILES string of the molecule is CC/C=C\C(=O)/C=C1\C[C@@]2(F)[C@@H](O)C[C@@]3(C)[C@@H](C[C@H]4OC(CCC)O[C@]43C(=O)COC(=O)c3ccc(CNC(=O)OCc4ccc(NC(=O)[C@H](CCCNC(N)=O)NC(=O)[C@@H](NC(=O)CCCCCN5C(=O)C=CC5=O)C(C)C)cc4)cc3)[C@@H]2C[C@@H]1F. The number of aliphatic hydroxyl groups is 1. The Labute approximate surface area is 504 Å². The number of imide groups is 1. The number of carbonyl (C=O) groups is 10. The summed E-state index contributed by atoms with van der Waals surface area (Å²) in [5.41, 5.74) is 1.51. The minimum atomic E-state index is -2.28. The number of nitrogens with one attached hydrogen (secondary N) is 5. The van der Waals surface area contributed by atoms with Gasteiger partial charge in [-0.05, 0) is 123 Å². The summed E-state index contributed by atoms with van der Waals surface area (Å²) in [7, 11) is 0. The Morgan fingerprint density at radius 1 is 0.874 bits per heavy atom. The monoisotopic (exact) mass is 1210 g/mol. The highest BCUT2D eigenvalue weighted by atomic mass is 19.1.